The number of nitrogens with zero attached hydrogens (tertiary/aromatic N) is 2. The normalized spacial score (nSPS) is 30.8. The van der Waals surface area contributed by atoms with Gasteiger partial charge in [-0.3, -0.25) is 4.68 Å². The molecular formula is C14H25N3O. The standard InChI is InChI=1S/C14H25N3O/c1-13(2)7-8-14(10-15,12(13)18)6-4-11-5-9-16-17(11)3/h5,9,12,18H,4,6-8,10,15H2,1-3H3. The third-order valence-electron chi connectivity index (χ3n) is 4.80. The average molecular weight is 251 g/mol. The molecule has 1 fully saturated rings. The van der Waals surface area contributed by atoms with Gasteiger partial charge in [0.15, 0.2) is 0 Å². The Morgan fingerprint density at radius 2 is 2.22 bits per heavy atom. The van der Waals surface area contributed by atoms with Crippen molar-refractivity contribution in [3.05, 3.63) is 18.0 Å². The Morgan fingerprint density at radius 1 is 1.50 bits per heavy atom. The minimum atomic E-state index is -0.303. The smallest absolute Gasteiger partial charge is 0.0659 e. The van der Waals surface area contributed by atoms with Gasteiger partial charge in [0.1, 0.15) is 0 Å². The van der Waals surface area contributed by atoms with E-state index in [1.807, 2.05) is 24.0 Å². The zero-order valence-electron chi connectivity index (χ0n) is 11.7. The zero-order valence-corrected chi connectivity index (χ0v) is 11.7. The number of aromatic nitrogens is 2. The van der Waals surface area contributed by atoms with Crippen LogP contribution in [0.1, 0.15) is 38.8 Å². The predicted molar refractivity (Wildman–Crippen MR) is 72.0 cm³/mol. The van der Waals surface area contributed by atoms with Crippen LogP contribution in [0.25, 0.3) is 0 Å². The Kier molecular flexibility index (Phi) is 3.52. The third kappa shape index (κ3) is 2.19. The minimum absolute atomic E-state index is 0.00811. The minimum Gasteiger partial charge on any atom is -0.392 e. The first-order chi connectivity index (χ1) is 8.41. The maximum Gasteiger partial charge on any atom is 0.0659 e. The molecule has 1 heterocycles. The Labute approximate surface area is 109 Å². The number of aliphatic hydroxyl groups is 1. The number of aryl methyl sites for hydroxylation is 2. The zero-order chi connectivity index (χ0) is 13.4. The van der Waals surface area contributed by atoms with E-state index in [4.69, 9.17) is 5.73 Å². The van der Waals surface area contributed by atoms with E-state index in [0.29, 0.717) is 6.54 Å². The molecule has 0 bridgehead atoms. The van der Waals surface area contributed by atoms with E-state index >= 15 is 0 Å². The van der Waals surface area contributed by atoms with Crippen molar-refractivity contribution in [3.63, 3.8) is 0 Å². The molecule has 1 aliphatic carbocycles. The van der Waals surface area contributed by atoms with Crippen LogP contribution in [0.2, 0.25) is 0 Å². The van der Waals surface area contributed by atoms with E-state index in [1.54, 1.807) is 0 Å². The summed E-state index contributed by atoms with van der Waals surface area (Å²) in [6.07, 6.45) is 5.46. The van der Waals surface area contributed by atoms with Gasteiger partial charge in [0.25, 0.3) is 0 Å². The summed E-state index contributed by atoms with van der Waals surface area (Å²) in [7, 11) is 1.96. The van der Waals surface area contributed by atoms with Gasteiger partial charge in [0.2, 0.25) is 0 Å². The number of nitrogens with two attached hydrogens (primary N) is 1. The van der Waals surface area contributed by atoms with Crippen LogP contribution < -0.4 is 5.73 Å². The lowest BCUT2D eigenvalue weighted by Gasteiger charge is -2.36. The molecule has 2 unspecified atom stereocenters. The van der Waals surface area contributed by atoms with Crippen LogP contribution in [0.5, 0.6) is 0 Å². The number of aliphatic hydroxyl groups excluding tert-OH is 1. The van der Waals surface area contributed by atoms with Gasteiger partial charge < -0.3 is 10.8 Å². The van der Waals surface area contributed by atoms with Gasteiger partial charge in [0.05, 0.1) is 6.10 Å². The van der Waals surface area contributed by atoms with Gasteiger partial charge in [-0.15, -0.1) is 0 Å². The monoisotopic (exact) mass is 251 g/mol. The Hall–Kier alpha value is -0.870. The molecule has 1 saturated carbocycles. The molecule has 3 N–H and O–H groups in total. The molecule has 4 nitrogen and oxygen atoms in total. The first-order valence-corrected chi connectivity index (χ1v) is 6.76. The molecule has 1 aromatic rings. The molecule has 0 radical (unpaired) electrons. The second-order valence-corrected chi connectivity index (χ2v) is 6.40. The van der Waals surface area contributed by atoms with Crippen LogP contribution in [-0.2, 0) is 13.5 Å². The fourth-order valence-electron chi connectivity index (χ4n) is 3.27. The Morgan fingerprint density at radius 3 is 2.67 bits per heavy atom. The van der Waals surface area contributed by atoms with Gasteiger partial charge in [-0.2, -0.15) is 5.10 Å². The highest BCUT2D eigenvalue weighted by Crippen LogP contribution is 2.50. The quantitative estimate of drug-likeness (QED) is 0.852. The summed E-state index contributed by atoms with van der Waals surface area (Å²) in [5.74, 6) is 0. The summed E-state index contributed by atoms with van der Waals surface area (Å²) in [5.41, 5.74) is 7.06. The molecule has 0 spiro atoms. The largest absolute Gasteiger partial charge is 0.392 e. The maximum absolute atomic E-state index is 10.6. The number of rotatable bonds is 4. The lowest BCUT2D eigenvalue weighted by molar-refractivity contribution is -0.00910. The molecule has 0 aromatic carbocycles. The van der Waals surface area contributed by atoms with Crippen molar-refractivity contribution in [1.82, 2.24) is 9.78 Å². The van der Waals surface area contributed by atoms with Crippen molar-refractivity contribution in [2.75, 3.05) is 6.54 Å². The van der Waals surface area contributed by atoms with Crippen LogP contribution in [0.15, 0.2) is 12.3 Å². The summed E-state index contributed by atoms with van der Waals surface area (Å²) < 4.78 is 1.90. The van der Waals surface area contributed by atoms with E-state index in [0.717, 1.165) is 25.7 Å². The van der Waals surface area contributed by atoms with Crippen molar-refractivity contribution in [2.24, 2.45) is 23.6 Å². The second-order valence-electron chi connectivity index (χ2n) is 6.40. The molecule has 0 aliphatic heterocycles. The number of hydrogen-bond acceptors (Lipinski definition) is 3. The van der Waals surface area contributed by atoms with E-state index in [9.17, 15) is 5.11 Å². The Balaban J connectivity index is 2.08. The number of hydrogen-bond donors (Lipinski definition) is 2. The highest BCUT2D eigenvalue weighted by molar-refractivity contribution is 5.06. The highest BCUT2D eigenvalue weighted by atomic mass is 16.3. The van der Waals surface area contributed by atoms with Crippen LogP contribution in [0, 0.1) is 10.8 Å². The topological polar surface area (TPSA) is 64.1 Å². The lowest BCUT2D eigenvalue weighted by atomic mass is 9.75. The highest BCUT2D eigenvalue weighted by Gasteiger charge is 2.50. The van der Waals surface area contributed by atoms with Crippen LogP contribution >= 0.6 is 0 Å². The van der Waals surface area contributed by atoms with Gasteiger partial charge in [-0.1, -0.05) is 13.8 Å². The molecule has 1 aliphatic rings. The molecule has 4 heteroatoms. The SMILES string of the molecule is Cn1nccc1CCC1(CN)CCC(C)(C)C1O. The molecule has 0 amide bonds. The molecule has 2 atom stereocenters. The Bertz CT molecular complexity index is 413. The molecule has 2 rings (SSSR count). The van der Waals surface area contributed by atoms with E-state index in [2.05, 4.69) is 18.9 Å². The van der Waals surface area contributed by atoms with Gasteiger partial charge in [0, 0.05) is 30.9 Å². The summed E-state index contributed by atoms with van der Waals surface area (Å²) in [6.45, 7) is 4.84. The van der Waals surface area contributed by atoms with Gasteiger partial charge in [-0.05, 0) is 37.2 Å². The molecule has 0 saturated heterocycles. The van der Waals surface area contributed by atoms with Gasteiger partial charge in [-0.25, -0.2) is 0 Å². The van der Waals surface area contributed by atoms with Crippen LogP contribution in [0.3, 0.4) is 0 Å². The van der Waals surface area contributed by atoms with Crippen molar-refractivity contribution in [2.45, 2.75) is 45.6 Å². The van der Waals surface area contributed by atoms with Crippen molar-refractivity contribution < 1.29 is 5.11 Å². The first-order valence-electron chi connectivity index (χ1n) is 6.76. The van der Waals surface area contributed by atoms with Gasteiger partial charge >= 0.3 is 0 Å². The van der Waals surface area contributed by atoms with E-state index in [1.165, 1.54) is 5.69 Å². The summed E-state index contributed by atoms with van der Waals surface area (Å²) in [4.78, 5) is 0. The fourth-order valence-corrected chi connectivity index (χ4v) is 3.27. The summed E-state index contributed by atoms with van der Waals surface area (Å²) in [5, 5.41) is 14.7. The fraction of sp³-hybridized carbons (Fsp3) is 0.786. The van der Waals surface area contributed by atoms with Crippen LogP contribution in [0.4, 0.5) is 0 Å². The van der Waals surface area contributed by atoms with E-state index < -0.39 is 0 Å². The molecule has 102 valence electrons. The van der Waals surface area contributed by atoms with Crippen LogP contribution in [-0.4, -0.2) is 27.5 Å². The first kappa shape index (κ1) is 13.6. The van der Waals surface area contributed by atoms with Crippen molar-refractivity contribution in [3.8, 4) is 0 Å². The summed E-state index contributed by atoms with van der Waals surface area (Å²) in [6, 6.07) is 2.04. The molecule has 1 aromatic heterocycles. The van der Waals surface area contributed by atoms with Crippen molar-refractivity contribution >= 4 is 0 Å². The third-order valence-corrected chi connectivity index (χ3v) is 4.80. The average Bonchev–Trinajstić information content (AvgIpc) is 2.83. The maximum atomic E-state index is 10.6. The second kappa shape index (κ2) is 4.67. The van der Waals surface area contributed by atoms with Crippen molar-refractivity contribution in [1.29, 1.82) is 0 Å². The molecular weight excluding hydrogens is 226 g/mol. The van der Waals surface area contributed by atoms with E-state index in [-0.39, 0.29) is 16.9 Å². The summed E-state index contributed by atoms with van der Waals surface area (Å²) >= 11 is 0. The predicted octanol–water partition coefficient (Wildman–Crippen LogP) is 1.48. The lowest BCUT2D eigenvalue weighted by Crippen LogP contribution is -2.43. The molecule has 18 heavy (non-hydrogen) atoms.